The van der Waals surface area contributed by atoms with E-state index in [1.807, 2.05) is 24.3 Å². The van der Waals surface area contributed by atoms with E-state index < -0.39 is 10.0 Å². The number of nitrogens with zero attached hydrogens (tertiary/aromatic N) is 2. The van der Waals surface area contributed by atoms with E-state index in [9.17, 15) is 8.42 Å². The van der Waals surface area contributed by atoms with Gasteiger partial charge in [0, 0.05) is 12.2 Å². The van der Waals surface area contributed by atoms with Gasteiger partial charge in [-0.3, -0.25) is 4.72 Å². The molecule has 0 fully saturated rings. The summed E-state index contributed by atoms with van der Waals surface area (Å²) in [6.45, 7) is 2.65. The van der Waals surface area contributed by atoms with Gasteiger partial charge in [-0.25, -0.2) is 13.4 Å². The maximum absolute atomic E-state index is 12.6. The van der Waals surface area contributed by atoms with Crippen molar-refractivity contribution >= 4 is 27.2 Å². The molecule has 26 heavy (non-hydrogen) atoms. The number of benzene rings is 2. The molecule has 0 radical (unpaired) electrons. The van der Waals surface area contributed by atoms with Crippen LogP contribution in [0.2, 0.25) is 0 Å². The number of aryl methyl sites for hydroxylation is 1. The molecule has 0 atom stereocenters. The van der Waals surface area contributed by atoms with Crippen LogP contribution >= 0.6 is 0 Å². The molecule has 4 rings (SSSR count). The van der Waals surface area contributed by atoms with Gasteiger partial charge in [0.2, 0.25) is 0 Å². The number of para-hydroxylation sites is 1. The third-order valence-electron chi connectivity index (χ3n) is 4.55. The Labute approximate surface area is 153 Å². The van der Waals surface area contributed by atoms with Crippen LogP contribution in [0.4, 0.5) is 17.2 Å². The summed E-state index contributed by atoms with van der Waals surface area (Å²) in [5, 5.41) is 0. The molecule has 0 bridgehead atoms. The fourth-order valence-electron chi connectivity index (χ4n) is 3.25. The molecule has 0 saturated carbocycles. The number of hydrogen-bond acceptors (Lipinski definition) is 4. The first-order valence-electron chi connectivity index (χ1n) is 8.44. The summed E-state index contributed by atoms with van der Waals surface area (Å²) in [5.74, 6) is 0.814. The third-order valence-corrected chi connectivity index (χ3v) is 6.09. The van der Waals surface area contributed by atoms with Crippen molar-refractivity contribution in [2.24, 2.45) is 0 Å². The zero-order valence-electron chi connectivity index (χ0n) is 14.4. The number of hydrogen-bond donors (Lipinski definition) is 1. The van der Waals surface area contributed by atoms with Gasteiger partial charge in [-0.2, -0.15) is 0 Å². The Kier molecular flexibility index (Phi) is 4.12. The van der Waals surface area contributed by atoms with E-state index in [2.05, 4.69) is 26.7 Å². The summed E-state index contributed by atoms with van der Waals surface area (Å²) in [7, 11) is -3.63. The minimum atomic E-state index is -3.63. The van der Waals surface area contributed by atoms with E-state index in [4.69, 9.17) is 0 Å². The van der Waals surface area contributed by atoms with Gasteiger partial charge in [0.05, 0.1) is 16.8 Å². The number of rotatable bonds is 4. The zero-order chi connectivity index (χ0) is 18.1. The van der Waals surface area contributed by atoms with Crippen molar-refractivity contribution in [3.63, 3.8) is 0 Å². The molecular formula is C20H19N3O2S. The largest absolute Gasteiger partial charge is 0.326 e. The summed E-state index contributed by atoms with van der Waals surface area (Å²) in [5.41, 5.74) is 3.62. The number of sulfonamides is 1. The Hall–Kier alpha value is -2.86. The van der Waals surface area contributed by atoms with Crippen molar-refractivity contribution in [3.8, 4) is 0 Å². The van der Waals surface area contributed by atoms with Crippen LogP contribution < -0.4 is 9.62 Å². The SMILES string of the molecule is Cc1ccccc1S(=O)(=O)Nc1ccc(N2CCc3ccccc32)nc1. The standard InChI is InChI=1S/C20H19N3O2S/c1-15-6-2-5-9-19(15)26(24,25)22-17-10-11-20(21-14-17)23-13-12-16-7-3-4-8-18(16)23/h2-11,14,22H,12-13H2,1H3. The van der Waals surface area contributed by atoms with Crippen molar-refractivity contribution < 1.29 is 8.42 Å². The Bertz CT molecular complexity index is 1050. The third kappa shape index (κ3) is 3.04. The fourth-order valence-corrected chi connectivity index (χ4v) is 4.54. The van der Waals surface area contributed by atoms with Crippen molar-refractivity contribution in [2.45, 2.75) is 18.2 Å². The number of aromatic nitrogens is 1. The second-order valence-corrected chi connectivity index (χ2v) is 7.96. The van der Waals surface area contributed by atoms with Crippen molar-refractivity contribution in [2.75, 3.05) is 16.2 Å². The highest BCUT2D eigenvalue weighted by atomic mass is 32.2. The maximum Gasteiger partial charge on any atom is 0.262 e. The van der Waals surface area contributed by atoms with E-state index in [-0.39, 0.29) is 4.90 Å². The smallest absolute Gasteiger partial charge is 0.262 e. The maximum atomic E-state index is 12.6. The van der Waals surface area contributed by atoms with Crippen LogP contribution in [0.5, 0.6) is 0 Å². The van der Waals surface area contributed by atoms with E-state index in [1.54, 1.807) is 37.4 Å². The Morgan fingerprint density at radius 3 is 2.54 bits per heavy atom. The molecule has 0 unspecified atom stereocenters. The summed E-state index contributed by atoms with van der Waals surface area (Å²) in [6, 6.07) is 18.8. The molecule has 1 aromatic heterocycles. The molecule has 1 N–H and O–H groups in total. The molecule has 2 aromatic carbocycles. The van der Waals surface area contributed by atoms with Gasteiger partial charge in [-0.1, -0.05) is 36.4 Å². The number of pyridine rings is 1. The van der Waals surface area contributed by atoms with Crippen LogP contribution in [0.15, 0.2) is 71.8 Å². The number of fused-ring (bicyclic) bond motifs is 1. The fraction of sp³-hybridized carbons (Fsp3) is 0.150. The number of anilines is 3. The van der Waals surface area contributed by atoms with Crippen LogP contribution in [0, 0.1) is 6.92 Å². The lowest BCUT2D eigenvalue weighted by atomic mass is 10.2. The lowest BCUT2D eigenvalue weighted by Gasteiger charge is -2.18. The molecular weight excluding hydrogens is 346 g/mol. The molecule has 0 amide bonds. The van der Waals surface area contributed by atoms with Crippen LogP contribution in [0.3, 0.4) is 0 Å². The van der Waals surface area contributed by atoms with Gasteiger partial charge < -0.3 is 4.90 Å². The predicted molar refractivity (Wildman–Crippen MR) is 103 cm³/mol. The van der Waals surface area contributed by atoms with Gasteiger partial charge in [0.1, 0.15) is 5.82 Å². The quantitative estimate of drug-likeness (QED) is 0.762. The van der Waals surface area contributed by atoms with Crippen LogP contribution in [0.1, 0.15) is 11.1 Å². The summed E-state index contributed by atoms with van der Waals surface area (Å²) in [4.78, 5) is 6.88. The van der Waals surface area contributed by atoms with Crippen molar-refractivity contribution in [1.82, 2.24) is 4.98 Å². The van der Waals surface area contributed by atoms with Gasteiger partial charge in [0.25, 0.3) is 10.0 Å². The Balaban J connectivity index is 1.57. The lowest BCUT2D eigenvalue weighted by molar-refractivity contribution is 0.600. The lowest BCUT2D eigenvalue weighted by Crippen LogP contribution is -2.16. The molecule has 0 saturated heterocycles. The van der Waals surface area contributed by atoms with Crippen LogP contribution in [-0.4, -0.2) is 19.9 Å². The summed E-state index contributed by atoms with van der Waals surface area (Å²) < 4.78 is 27.8. The average Bonchev–Trinajstić information content (AvgIpc) is 3.06. The van der Waals surface area contributed by atoms with E-state index >= 15 is 0 Å². The van der Waals surface area contributed by atoms with Gasteiger partial charge >= 0.3 is 0 Å². The summed E-state index contributed by atoms with van der Waals surface area (Å²) >= 11 is 0. The monoisotopic (exact) mass is 365 g/mol. The second-order valence-electron chi connectivity index (χ2n) is 6.31. The summed E-state index contributed by atoms with van der Waals surface area (Å²) in [6.07, 6.45) is 2.55. The van der Waals surface area contributed by atoms with Crippen LogP contribution in [-0.2, 0) is 16.4 Å². The first kappa shape index (κ1) is 16.6. The van der Waals surface area contributed by atoms with Crippen molar-refractivity contribution in [1.29, 1.82) is 0 Å². The normalized spacial score (nSPS) is 13.5. The topological polar surface area (TPSA) is 62.3 Å². The number of nitrogens with one attached hydrogen (secondary N) is 1. The molecule has 5 nitrogen and oxygen atoms in total. The molecule has 0 spiro atoms. The highest BCUT2D eigenvalue weighted by Crippen LogP contribution is 2.33. The molecule has 6 heteroatoms. The van der Waals surface area contributed by atoms with Gasteiger partial charge in [-0.15, -0.1) is 0 Å². The Morgan fingerprint density at radius 1 is 1.00 bits per heavy atom. The molecule has 0 aliphatic carbocycles. The average molecular weight is 365 g/mol. The molecule has 1 aliphatic heterocycles. The highest BCUT2D eigenvalue weighted by Gasteiger charge is 2.21. The molecule has 132 valence electrons. The van der Waals surface area contributed by atoms with E-state index in [1.165, 1.54) is 5.56 Å². The first-order chi connectivity index (χ1) is 12.5. The minimum absolute atomic E-state index is 0.276. The van der Waals surface area contributed by atoms with E-state index in [0.717, 1.165) is 24.5 Å². The minimum Gasteiger partial charge on any atom is -0.326 e. The molecule has 1 aliphatic rings. The van der Waals surface area contributed by atoms with Gasteiger partial charge in [0.15, 0.2) is 0 Å². The second kappa shape index (κ2) is 6.46. The van der Waals surface area contributed by atoms with Crippen molar-refractivity contribution in [3.05, 3.63) is 78.0 Å². The predicted octanol–water partition coefficient (Wildman–Crippen LogP) is 3.89. The Morgan fingerprint density at radius 2 is 1.77 bits per heavy atom. The highest BCUT2D eigenvalue weighted by molar-refractivity contribution is 7.92. The molecule has 3 aromatic rings. The van der Waals surface area contributed by atoms with E-state index in [0.29, 0.717) is 11.3 Å². The van der Waals surface area contributed by atoms with Gasteiger partial charge in [-0.05, 0) is 48.7 Å². The first-order valence-corrected chi connectivity index (χ1v) is 9.93. The molecule has 2 heterocycles. The van der Waals surface area contributed by atoms with Crippen LogP contribution in [0.25, 0.3) is 0 Å². The zero-order valence-corrected chi connectivity index (χ0v) is 15.2.